The number of allylic oxidation sites excluding steroid dienone is 1. The summed E-state index contributed by atoms with van der Waals surface area (Å²) in [7, 11) is 0. The lowest BCUT2D eigenvalue weighted by molar-refractivity contribution is 0.666. The van der Waals surface area contributed by atoms with Crippen molar-refractivity contribution in [2.75, 3.05) is 5.88 Å². The molecule has 2 rings (SSSR count). The molecule has 0 spiro atoms. The first-order valence-corrected chi connectivity index (χ1v) is 4.39. The summed E-state index contributed by atoms with van der Waals surface area (Å²) < 4.78 is 0. The highest BCUT2D eigenvalue weighted by atomic mass is 32.2. The molecule has 0 bridgehead atoms. The largest absolute Gasteiger partial charge is 0.398 e. The van der Waals surface area contributed by atoms with E-state index >= 15 is 0 Å². The fraction of sp³-hybridized carbons (Fsp3) is 0.429. The summed E-state index contributed by atoms with van der Waals surface area (Å²) >= 11 is 1.83. The van der Waals surface area contributed by atoms with Crippen LogP contribution in [0.2, 0.25) is 0 Å². The fourth-order valence-corrected chi connectivity index (χ4v) is 2.36. The molecule has 0 aromatic rings. The zero-order valence-corrected chi connectivity index (χ0v) is 6.45. The lowest BCUT2D eigenvalue weighted by Crippen LogP contribution is -2.24. The maximum Gasteiger partial charge on any atom is 0.0468 e. The van der Waals surface area contributed by atoms with Crippen LogP contribution < -0.4 is 11.1 Å². The quantitative estimate of drug-likeness (QED) is 0.541. The van der Waals surface area contributed by atoms with Gasteiger partial charge in [0, 0.05) is 22.5 Å². The van der Waals surface area contributed by atoms with Gasteiger partial charge in [-0.15, -0.1) is 11.8 Å². The minimum atomic E-state index is 0.523. The van der Waals surface area contributed by atoms with Gasteiger partial charge in [0.15, 0.2) is 0 Å². The highest BCUT2D eigenvalue weighted by molar-refractivity contribution is 8.03. The average Bonchev–Trinajstić information content (AvgIpc) is 2.36. The predicted molar refractivity (Wildman–Crippen MR) is 44.4 cm³/mol. The highest BCUT2D eigenvalue weighted by Crippen LogP contribution is 2.31. The summed E-state index contributed by atoms with van der Waals surface area (Å²) in [6, 6.07) is 0.523. The molecule has 2 aliphatic rings. The van der Waals surface area contributed by atoms with Crippen LogP contribution in [0.4, 0.5) is 0 Å². The summed E-state index contributed by atoms with van der Waals surface area (Å²) in [4.78, 5) is 1.34. The third-order valence-corrected chi connectivity index (χ3v) is 2.97. The average molecular weight is 154 g/mol. The van der Waals surface area contributed by atoms with E-state index < -0.39 is 0 Å². The molecular formula is C7H10N2S. The molecule has 1 saturated heterocycles. The van der Waals surface area contributed by atoms with Crippen molar-refractivity contribution in [3.63, 3.8) is 0 Å². The van der Waals surface area contributed by atoms with Crippen molar-refractivity contribution in [3.8, 4) is 0 Å². The molecule has 54 valence electrons. The van der Waals surface area contributed by atoms with Crippen molar-refractivity contribution in [2.24, 2.45) is 5.73 Å². The Morgan fingerprint density at radius 3 is 3.40 bits per heavy atom. The molecule has 1 atom stereocenters. The number of hydrogen-bond donors (Lipinski definition) is 2. The van der Waals surface area contributed by atoms with Gasteiger partial charge in [-0.1, -0.05) is 6.08 Å². The molecule has 0 aromatic heterocycles. The smallest absolute Gasteiger partial charge is 0.0468 e. The first-order chi connectivity index (χ1) is 4.88. The van der Waals surface area contributed by atoms with Gasteiger partial charge in [-0.25, -0.2) is 0 Å². The van der Waals surface area contributed by atoms with Crippen LogP contribution >= 0.6 is 11.8 Å². The maximum atomic E-state index is 5.75. The topological polar surface area (TPSA) is 38.0 Å². The molecule has 1 heterocycles. The second kappa shape index (κ2) is 2.32. The number of hydrogen-bond acceptors (Lipinski definition) is 3. The molecule has 10 heavy (non-hydrogen) atoms. The van der Waals surface area contributed by atoms with E-state index in [9.17, 15) is 0 Å². The molecule has 2 nitrogen and oxygen atoms in total. The van der Waals surface area contributed by atoms with Crippen molar-refractivity contribution in [1.82, 2.24) is 5.32 Å². The predicted octanol–water partition coefficient (Wildman–Crippen LogP) is 0.779. The number of rotatable bonds is 0. The van der Waals surface area contributed by atoms with E-state index in [-0.39, 0.29) is 0 Å². The lowest BCUT2D eigenvalue weighted by Gasteiger charge is -2.14. The van der Waals surface area contributed by atoms with Crippen LogP contribution in [0.15, 0.2) is 22.8 Å². The molecular weight excluding hydrogens is 144 g/mol. The van der Waals surface area contributed by atoms with Gasteiger partial charge >= 0.3 is 0 Å². The molecule has 0 amide bonds. The van der Waals surface area contributed by atoms with Crippen molar-refractivity contribution < 1.29 is 0 Å². The van der Waals surface area contributed by atoms with E-state index in [1.807, 2.05) is 17.8 Å². The highest BCUT2D eigenvalue weighted by Gasteiger charge is 2.23. The summed E-state index contributed by atoms with van der Waals surface area (Å²) in [6.45, 7) is 0. The standard InChI is InChI=1S/C7H10N2S/c8-5-2-1-3-6-7(5)10-4-9-6/h1-2,6,9H,3-4,8H2. The molecule has 0 radical (unpaired) electrons. The van der Waals surface area contributed by atoms with Crippen molar-refractivity contribution in [2.45, 2.75) is 12.5 Å². The van der Waals surface area contributed by atoms with Crippen LogP contribution in [0.5, 0.6) is 0 Å². The van der Waals surface area contributed by atoms with Crippen LogP contribution in [0.1, 0.15) is 6.42 Å². The Balaban J connectivity index is 2.32. The molecule has 1 fully saturated rings. The zero-order chi connectivity index (χ0) is 6.97. The van der Waals surface area contributed by atoms with Gasteiger partial charge in [0.05, 0.1) is 0 Å². The normalized spacial score (nSPS) is 31.0. The SMILES string of the molecule is NC1=C2SCNC2CC=C1. The first kappa shape index (κ1) is 6.31. The van der Waals surface area contributed by atoms with Crippen molar-refractivity contribution >= 4 is 11.8 Å². The van der Waals surface area contributed by atoms with Gasteiger partial charge in [-0.05, 0) is 12.5 Å². The van der Waals surface area contributed by atoms with Crippen LogP contribution in [-0.2, 0) is 0 Å². The third-order valence-electron chi connectivity index (χ3n) is 1.83. The first-order valence-electron chi connectivity index (χ1n) is 3.40. The Hall–Kier alpha value is -0.410. The number of thioether (sulfide) groups is 1. The maximum absolute atomic E-state index is 5.75. The van der Waals surface area contributed by atoms with Crippen molar-refractivity contribution in [1.29, 1.82) is 0 Å². The van der Waals surface area contributed by atoms with E-state index in [4.69, 9.17) is 5.73 Å². The number of nitrogens with one attached hydrogen (secondary N) is 1. The minimum absolute atomic E-state index is 0.523. The van der Waals surface area contributed by atoms with E-state index in [0.29, 0.717) is 6.04 Å². The van der Waals surface area contributed by atoms with E-state index in [2.05, 4.69) is 11.4 Å². The molecule has 1 aliphatic heterocycles. The molecule has 0 aromatic carbocycles. The van der Waals surface area contributed by atoms with Gasteiger partial charge in [-0.2, -0.15) is 0 Å². The summed E-state index contributed by atoms with van der Waals surface area (Å²) in [5.74, 6) is 1.02. The van der Waals surface area contributed by atoms with Crippen LogP contribution in [0.25, 0.3) is 0 Å². The Morgan fingerprint density at radius 2 is 2.60 bits per heavy atom. The van der Waals surface area contributed by atoms with E-state index in [0.717, 1.165) is 18.0 Å². The Morgan fingerprint density at radius 1 is 1.70 bits per heavy atom. The Bertz CT molecular complexity index is 208. The van der Waals surface area contributed by atoms with Gasteiger partial charge in [-0.3, -0.25) is 5.32 Å². The second-order valence-electron chi connectivity index (χ2n) is 2.50. The third kappa shape index (κ3) is 0.859. The molecule has 3 heteroatoms. The Labute approximate surface area is 64.6 Å². The Kier molecular flexibility index (Phi) is 1.47. The van der Waals surface area contributed by atoms with Crippen LogP contribution in [0, 0.1) is 0 Å². The van der Waals surface area contributed by atoms with Gasteiger partial charge < -0.3 is 5.73 Å². The van der Waals surface area contributed by atoms with Gasteiger partial charge in [0.25, 0.3) is 0 Å². The summed E-state index contributed by atoms with van der Waals surface area (Å²) in [6.07, 6.45) is 5.23. The number of fused-ring (bicyclic) bond motifs is 1. The molecule has 3 N–H and O–H groups in total. The zero-order valence-electron chi connectivity index (χ0n) is 5.63. The monoisotopic (exact) mass is 154 g/mol. The summed E-state index contributed by atoms with van der Waals surface area (Å²) in [5.41, 5.74) is 6.70. The number of nitrogens with two attached hydrogens (primary N) is 1. The molecule has 0 saturated carbocycles. The van der Waals surface area contributed by atoms with Gasteiger partial charge in [0.2, 0.25) is 0 Å². The van der Waals surface area contributed by atoms with E-state index in [1.165, 1.54) is 4.91 Å². The van der Waals surface area contributed by atoms with Crippen LogP contribution in [-0.4, -0.2) is 11.9 Å². The van der Waals surface area contributed by atoms with Gasteiger partial charge in [0.1, 0.15) is 0 Å². The molecule has 1 aliphatic carbocycles. The van der Waals surface area contributed by atoms with Crippen molar-refractivity contribution in [3.05, 3.63) is 22.8 Å². The second-order valence-corrected chi connectivity index (χ2v) is 3.52. The summed E-state index contributed by atoms with van der Waals surface area (Å²) in [5, 5.41) is 3.36. The van der Waals surface area contributed by atoms with E-state index in [1.54, 1.807) is 0 Å². The minimum Gasteiger partial charge on any atom is -0.398 e. The van der Waals surface area contributed by atoms with Crippen LogP contribution in [0.3, 0.4) is 0 Å². The molecule has 1 unspecified atom stereocenters. The fourth-order valence-electron chi connectivity index (χ4n) is 1.30. The lowest BCUT2D eigenvalue weighted by atomic mass is 10.1.